The number of rotatable bonds is 6. The Morgan fingerprint density at radius 2 is 0.756 bits per heavy atom. The molecule has 0 aliphatic heterocycles. The number of hydrogen-bond donors (Lipinski definition) is 0. The van der Waals surface area contributed by atoms with Gasteiger partial charge in [-0.05, 0) is 103 Å². The zero-order valence-corrected chi connectivity index (χ0v) is 25.2. The molecule has 0 atom stereocenters. The molecule has 41 heavy (non-hydrogen) atoms. The monoisotopic (exact) mass is 549 g/mol. The largest absolute Gasteiger partial charge is 0.301 e. The third-order valence-electron chi connectivity index (χ3n) is 8.47. The molecule has 0 saturated heterocycles. The standard InChI is InChI=1S/C39H35NS/c1-26-27(2)29(4)35(30(5)28(26)3)38-36(31-18-10-6-11-19-31)37(32-20-12-7-13-21-32)39(41-38)40(33-22-14-8-15-23-33)34-24-16-9-17-25-34/h6-25H,1-5H3. The van der Waals surface area contributed by atoms with E-state index in [0.717, 1.165) is 11.4 Å². The van der Waals surface area contributed by atoms with E-state index in [4.69, 9.17) is 0 Å². The number of thiophene rings is 1. The highest BCUT2D eigenvalue weighted by molar-refractivity contribution is 7.21. The molecule has 0 spiro atoms. The second-order valence-corrected chi connectivity index (χ2v) is 11.7. The van der Waals surface area contributed by atoms with Gasteiger partial charge in [0.15, 0.2) is 0 Å². The molecule has 0 aliphatic carbocycles. The lowest BCUT2D eigenvalue weighted by Crippen LogP contribution is -2.09. The Balaban J connectivity index is 1.79. The molecule has 1 aromatic heterocycles. The summed E-state index contributed by atoms with van der Waals surface area (Å²) in [4.78, 5) is 3.75. The molecule has 0 fully saturated rings. The van der Waals surface area contributed by atoms with Crippen LogP contribution in [0.3, 0.4) is 0 Å². The Morgan fingerprint density at radius 3 is 1.20 bits per heavy atom. The maximum Gasteiger partial charge on any atom is 0.109 e. The molecule has 0 unspecified atom stereocenters. The third kappa shape index (κ3) is 4.79. The summed E-state index contributed by atoms with van der Waals surface area (Å²) in [6.07, 6.45) is 0. The van der Waals surface area contributed by atoms with E-state index in [0.29, 0.717) is 0 Å². The third-order valence-corrected chi connectivity index (χ3v) is 9.67. The summed E-state index contributed by atoms with van der Waals surface area (Å²) in [7, 11) is 0. The van der Waals surface area contributed by atoms with Crippen molar-refractivity contribution in [3.8, 4) is 32.7 Å². The first kappa shape index (κ1) is 26.8. The molecule has 202 valence electrons. The van der Waals surface area contributed by atoms with Gasteiger partial charge < -0.3 is 4.90 Å². The van der Waals surface area contributed by atoms with Gasteiger partial charge >= 0.3 is 0 Å². The van der Waals surface area contributed by atoms with Gasteiger partial charge in [-0.3, -0.25) is 0 Å². The van der Waals surface area contributed by atoms with E-state index in [2.05, 4.69) is 161 Å². The number of hydrogen-bond acceptors (Lipinski definition) is 2. The van der Waals surface area contributed by atoms with Crippen molar-refractivity contribution in [2.24, 2.45) is 0 Å². The molecule has 2 heteroatoms. The molecular weight excluding hydrogens is 515 g/mol. The zero-order valence-electron chi connectivity index (χ0n) is 24.4. The van der Waals surface area contributed by atoms with Gasteiger partial charge in [0, 0.05) is 27.4 Å². The summed E-state index contributed by atoms with van der Waals surface area (Å²) in [6.45, 7) is 11.4. The molecule has 0 N–H and O–H groups in total. The van der Waals surface area contributed by atoms with Crippen molar-refractivity contribution in [1.82, 2.24) is 0 Å². The molecule has 1 nitrogen and oxygen atoms in total. The molecule has 6 rings (SSSR count). The molecule has 0 amide bonds. The van der Waals surface area contributed by atoms with Crippen LogP contribution in [0, 0.1) is 34.6 Å². The second-order valence-electron chi connectivity index (χ2n) is 10.7. The lowest BCUT2D eigenvalue weighted by molar-refractivity contribution is 1.18. The van der Waals surface area contributed by atoms with Gasteiger partial charge in [-0.1, -0.05) is 97.1 Å². The highest BCUT2D eigenvalue weighted by Crippen LogP contribution is 2.56. The van der Waals surface area contributed by atoms with Crippen molar-refractivity contribution in [2.75, 3.05) is 4.90 Å². The molecular formula is C39H35NS. The van der Waals surface area contributed by atoms with Crippen LogP contribution >= 0.6 is 11.3 Å². The van der Waals surface area contributed by atoms with Gasteiger partial charge in [0.05, 0.1) is 0 Å². The van der Waals surface area contributed by atoms with E-state index in [9.17, 15) is 0 Å². The normalized spacial score (nSPS) is 11.0. The predicted molar refractivity (Wildman–Crippen MR) is 179 cm³/mol. The molecule has 6 aromatic rings. The van der Waals surface area contributed by atoms with Crippen LogP contribution in [0.25, 0.3) is 32.7 Å². The summed E-state index contributed by atoms with van der Waals surface area (Å²) >= 11 is 1.90. The van der Waals surface area contributed by atoms with Crippen molar-refractivity contribution in [3.63, 3.8) is 0 Å². The summed E-state index contributed by atoms with van der Waals surface area (Å²) in [5, 5.41) is 1.22. The van der Waals surface area contributed by atoms with E-state index in [1.165, 1.54) is 65.5 Å². The first-order valence-electron chi connectivity index (χ1n) is 14.2. The number of para-hydroxylation sites is 2. The van der Waals surface area contributed by atoms with Crippen molar-refractivity contribution in [3.05, 3.63) is 149 Å². The highest BCUT2D eigenvalue weighted by atomic mass is 32.1. The Hall–Kier alpha value is -4.40. The van der Waals surface area contributed by atoms with Crippen LogP contribution in [-0.4, -0.2) is 0 Å². The van der Waals surface area contributed by atoms with Crippen LogP contribution < -0.4 is 4.90 Å². The average Bonchev–Trinajstić information content (AvgIpc) is 3.40. The minimum absolute atomic E-state index is 1.15. The lowest BCUT2D eigenvalue weighted by Gasteiger charge is -2.25. The Kier molecular flexibility index (Phi) is 7.34. The Morgan fingerprint density at radius 1 is 0.390 bits per heavy atom. The molecule has 0 aliphatic rings. The smallest absolute Gasteiger partial charge is 0.109 e. The minimum Gasteiger partial charge on any atom is -0.301 e. The number of anilines is 3. The molecule has 0 saturated carbocycles. The zero-order chi connectivity index (χ0) is 28.5. The van der Waals surface area contributed by atoms with E-state index in [1.54, 1.807) is 0 Å². The van der Waals surface area contributed by atoms with Crippen molar-refractivity contribution >= 4 is 27.7 Å². The van der Waals surface area contributed by atoms with Crippen LogP contribution in [0.2, 0.25) is 0 Å². The fourth-order valence-corrected chi connectivity index (χ4v) is 7.43. The van der Waals surface area contributed by atoms with Crippen molar-refractivity contribution < 1.29 is 0 Å². The average molecular weight is 550 g/mol. The molecule has 1 heterocycles. The predicted octanol–water partition coefficient (Wildman–Crippen LogP) is 11.8. The fraction of sp³-hybridized carbons (Fsp3) is 0.128. The SMILES string of the molecule is Cc1c(C)c(C)c(-c2sc(N(c3ccccc3)c3ccccc3)c(-c3ccccc3)c2-c2ccccc2)c(C)c1C. The van der Waals surface area contributed by atoms with Gasteiger partial charge in [-0.25, -0.2) is 0 Å². The van der Waals surface area contributed by atoms with Crippen molar-refractivity contribution in [2.45, 2.75) is 34.6 Å². The first-order chi connectivity index (χ1) is 20.0. The maximum absolute atomic E-state index is 2.43. The fourth-order valence-electron chi connectivity index (χ4n) is 5.88. The van der Waals surface area contributed by atoms with E-state index in [-0.39, 0.29) is 0 Å². The topological polar surface area (TPSA) is 3.24 Å². The van der Waals surface area contributed by atoms with E-state index in [1.807, 2.05) is 11.3 Å². The van der Waals surface area contributed by atoms with E-state index >= 15 is 0 Å². The Labute approximate surface area is 248 Å². The number of benzene rings is 5. The summed E-state index contributed by atoms with van der Waals surface area (Å²) in [5.74, 6) is 0. The van der Waals surface area contributed by atoms with Gasteiger partial charge in [0.25, 0.3) is 0 Å². The van der Waals surface area contributed by atoms with E-state index < -0.39 is 0 Å². The van der Waals surface area contributed by atoms with Gasteiger partial charge in [0.1, 0.15) is 5.00 Å². The first-order valence-corrected chi connectivity index (χ1v) is 15.0. The van der Waals surface area contributed by atoms with Gasteiger partial charge in [-0.15, -0.1) is 11.3 Å². The van der Waals surface area contributed by atoms with Crippen LogP contribution in [0.15, 0.2) is 121 Å². The molecule has 5 aromatic carbocycles. The highest BCUT2D eigenvalue weighted by Gasteiger charge is 2.29. The molecule has 0 radical (unpaired) electrons. The Bertz CT molecular complexity index is 1730. The summed E-state index contributed by atoms with van der Waals surface area (Å²) in [5.41, 5.74) is 15.5. The summed E-state index contributed by atoms with van der Waals surface area (Å²) < 4.78 is 0. The quantitative estimate of drug-likeness (QED) is 0.200. The maximum atomic E-state index is 2.43. The van der Waals surface area contributed by atoms with Crippen molar-refractivity contribution in [1.29, 1.82) is 0 Å². The summed E-state index contributed by atoms with van der Waals surface area (Å²) in [6, 6.07) is 43.4. The van der Waals surface area contributed by atoms with Crippen LogP contribution in [-0.2, 0) is 0 Å². The van der Waals surface area contributed by atoms with Crippen LogP contribution in [0.4, 0.5) is 16.4 Å². The lowest BCUT2D eigenvalue weighted by atomic mass is 9.86. The van der Waals surface area contributed by atoms with Crippen LogP contribution in [0.1, 0.15) is 27.8 Å². The minimum atomic E-state index is 1.15. The molecule has 0 bridgehead atoms. The van der Waals surface area contributed by atoms with Gasteiger partial charge in [0.2, 0.25) is 0 Å². The van der Waals surface area contributed by atoms with Gasteiger partial charge in [-0.2, -0.15) is 0 Å². The second kappa shape index (κ2) is 11.2. The number of nitrogens with zero attached hydrogens (tertiary/aromatic N) is 1. The van der Waals surface area contributed by atoms with Crippen LogP contribution in [0.5, 0.6) is 0 Å².